The molecule has 1 N–H and O–H groups in total. The van der Waals surface area contributed by atoms with E-state index >= 15 is 0 Å². The minimum Gasteiger partial charge on any atom is -0.391 e. The standard InChI is InChI=1S/C28H48N8O6/c1-38-16-12-34(13-17-39-2)27-30-24-23(25(31-27)33-10-7-22(42-5)8-11-33)29-28(35(14-18-40-3)15-19-41-4)32-26(24)36-9-6-21(37)20-36/h21-22,37H,6-20H2,1-5H3. The molecule has 0 radical (unpaired) electrons. The Labute approximate surface area is 248 Å². The molecule has 1 atom stereocenters. The van der Waals surface area contributed by atoms with Gasteiger partial charge < -0.3 is 48.4 Å². The zero-order chi connectivity index (χ0) is 29.9. The van der Waals surface area contributed by atoms with E-state index in [1.165, 1.54) is 0 Å². The molecule has 2 aliphatic heterocycles. The number of nitrogens with zero attached hydrogens (tertiary/aromatic N) is 8. The Balaban J connectivity index is 1.90. The summed E-state index contributed by atoms with van der Waals surface area (Å²) in [6.07, 6.45) is 2.25. The molecule has 14 nitrogen and oxygen atoms in total. The second-order valence-corrected chi connectivity index (χ2v) is 10.6. The highest BCUT2D eigenvalue weighted by molar-refractivity contribution is 5.95. The number of β-amino-alcohol motifs (C(OH)–C–C–N with tert-alkyl or cyclic N) is 1. The van der Waals surface area contributed by atoms with Gasteiger partial charge in [-0.2, -0.15) is 9.97 Å². The highest BCUT2D eigenvalue weighted by atomic mass is 16.5. The van der Waals surface area contributed by atoms with Gasteiger partial charge >= 0.3 is 0 Å². The van der Waals surface area contributed by atoms with Crippen LogP contribution in [0.15, 0.2) is 0 Å². The molecule has 2 saturated heterocycles. The fraction of sp³-hybridized carbons (Fsp3) is 0.786. The molecule has 0 aromatic carbocycles. The maximum atomic E-state index is 10.5. The van der Waals surface area contributed by atoms with E-state index in [1.807, 2.05) is 0 Å². The Hall–Kier alpha value is -2.62. The van der Waals surface area contributed by atoms with Gasteiger partial charge in [0, 0.05) is 87.9 Å². The fourth-order valence-corrected chi connectivity index (χ4v) is 5.35. The van der Waals surface area contributed by atoms with Gasteiger partial charge in [0.15, 0.2) is 11.6 Å². The van der Waals surface area contributed by atoms with Crippen molar-refractivity contribution in [2.24, 2.45) is 0 Å². The first-order valence-corrected chi connectivity index (χ1v) is 14.8. The summed E-state index contributed by atoms with van der Waals surface area (Å²) in [6, 6.07) is 0. The number of aliphatic hydroxyl groups excluding tert-OH is 1. The lowest BCUT2D eigenvalue weighted by atomic mass is 10.1. The SMILES string of the molecule is COCCN(CCOC)c1nc(N2CCC(O)C2)c2nc(N(CCOC)CCOC)nc(N3CCC(OC)CC3)c2n1. The smallest absolute Gasteiger partial charge is 0.228 e. The summed E-state index contributed by atoms with van der Waals surface area (Å²) < 4.78 is 27.3. The highest BCUT2D eigenvalue weighted by Crippen LogP contribution is 2.35. The third-order valence-corrected chi connectivity index (χ3v) is 7.85. The van der Waals surface area contributed by atoms with Crippen molar-refractivity contribution in [1.29, 1.82) is 0 Å². The van der Waals surface area contributed by atoms with Gasteiger partial charge in [-0.25, -0.2) is 9.97 Å². The third kappa shape index (κ3) is 8.05. The quantitative estimate of drug-likeness (QED) is 0.278. The fourth-order valence-electron chi connectivity index (χ4n) is 5.35. The molecule has 0 spiro atoms. The lowest BCUT2D eigenvalue weighted by Crippen LogP contribution is -2.38. The molecule has 0 bridgehead atoms. The Morgan fingerprint density at radius 1 is 0.643 bits per heavy atom. The van der Waals surface area contributed by atoms with Crippen molar-refractivity contribution in [3.05, 3.63) is 0 Å². The van der Waals surface area contributed by atoms with Crippen molar-refractivity contribution >= 4 is 34.6 Å². The van der Waals surface area contributed by atoms with Crippen molar-refractivity contribution < 1.29 is 28.8 Å². The van der Waals surface area contributed by atoms with Gasteiger partial charge in [0.1, 0.15) is 11.0 Å². The monoisotopic (exact) mass is 592 g/mol. The van der Waals surface area contributed by atoms with Crippen LogP contribution in [-0.2, 0) is 23.7 Å². The van der Waals surface area contributed by atoms with Crippen molar-refractivity contribution in [2.45, 2.75) is 31.5 Å². The van der Waals surface area contributed by atoms with Crippen LogP contribution >= 0.6 is 0 Å². The molecule has 2 fully saturated rings. The molecular formula is C28H48N8O6. The maximum Gasteiger partial charge on any atom is 0.228 e. The first kappa shape index (κ1) is 32.3. The van der Waals surface area contributed by atoms with E-state index in [9.17, 15) is 5.11 Å². The Bertz CT molecular complexity index is 1090. The van der Waals surface area contributed by atoms with E-state index in [0.29, 0.717) is 101 Å². The molecule has 236 valence electrons. The number of anilines is 4. The predicted octanol–water partition coefficient (Wildman–Crippen LogP) is 0.804. The van der Waals surface area contributed by atoms with E-state index in [2.05, 4.69) is 19.6 Å². The average Bonchev–Trinajstić information content (AvgIpc) is 3.46. The molecule has 2 aromatic heterocycles. The summed E-state index contributed by atoms with van der Waals surface area (Å²) in [5, 5.41) is 10.5. The second kappa shape index (κ2) is 16.3. The van der Waals surface area contributed by atoms with E-state index in [-0.39, 0.29) is 6.10 Å². The summed E-state index contributed by atoms with van der Waals surface area (Å²) >= 11 is 0. The van der Waals surface area contributed by atoms with Gasteiger partial charge in [0.25, 0.3) is 0 Å². The van der Waals surface area contributed by atoms with Crippen molar-refractivity contribution in [3.63, 3.8) is 0 Å². The normalized spacial score (nSPS) is 17.9. The molecule has 14 heteroatoms. The molecule has 2 aliphatic rings. The first-order valence-electron chi connectivity index (χ1n) is 14.8. The predicted molar refractivity (Wildman–Crippen MR) is 162 cm³/mol. The largest absolute Gasteiger partial charge is 0.391 e. The van der Waals surface area contributed by atoms with Crippen LogP contribution in [0.5, 0.6) is 0 Å². The zero-order valence-electron chi connectivity index (χ0n) is 25.8. The van der Waals surface area contributed by atoms with Crippen molar-refractivity contribution in [3.8, 4) is 0 Å². The summed E-state index contributed by atoms with van der Waals surface area (Å²) in [5.74, 6) is 2.61. The number of aliphatic hydroxyl groups is 1. The summed E-state index contributed by atoms with van der Waals surface area (Å²) in [5.41, 5.74) is 1.36. The lowest BCUT2D eigenvalue weighted by molar-refractivity contribution is 0.0818. The van der Waals surface area contributed by atoms with Gasteiger partial charge in [0.2, 0.25) is 11.9 Å². The summed E-state index contributed by atoms with van der Waals surface area (Å²) in [6.45, 7) is 7.22. The lowest BCUT2D eigenvalue weighted by Gasteiger charge is -2.34. The zero-order valence-corrected chi connectivity index (χ0v) is 25.8. The van der Waals surface area contributed by atoms with Crippen LogP contribution in [-0.4, -0.2) is 152 Å². The minimum absolute atomic E-state index is 0.221. The number of hydrogen-bond donors (Lipinski definition) is 1. The topological polar surface area (TPSA) is 131 Å². The minimum atomic E-state index is -0.426. The number of rotatable bonds is 17. The van der Waals surface area contributed by atoms with Gasteiger partial charge in [-0.1, -0.05) is 0 Å². The number of aromatic nitrogens is 4. The van der Waals surface area contributed by atoms with Gasteiger partial charge in [0.05, 0.1) is 38.6 Å². The molecule has 4 heterocycles. The number of piperidine rings is 1. The van der Waals surface area contributed by atoms with Crippen LogP contribution in [0.2, 0.25) is 0 Å². The Morgan fingerprint density at radius 3 is 1.45 bits per heavy atom. The molecular weight excluding hydrogens is 544 g/mol. The van der Waals surface area contributed by atoms with Crippen molar-refractivity contribution in [1.82, 2.24) is 19.9 Å². The van der Waals surface area contributed by atoms with Crippen LogP contribution in [0.4, 0.5) is 23.5 Å². The molecule has 42 heavy (non-hydrogen) atoms. The number of ether oxygens (including phenoxy) is 5. The summed E-state index contributed by atoms with van der Waals surface area (Å²) in [7, 11) is 8.51. The van der Waals surface area contributed by atoms with Crippen LogP contribution in [0.25, 0.3) is 11.0 Å². The maximum absolute atomic E-state index is 10.5. The van der Waals surface area contributed by atoms with Crippen LogP contribution in [0, 0.1) is 0 Å². The van der Waals surface area contributed by atoms with E-state index in [4.69, 9.17) is 43.6 Å². The third-order valence-electron chi connectivity index (χ3n) is 7.85. The summed E-state index contributed by atoms with van der Waals surface area (Å²) in [4.78, 5) is 29.0. The molecule has 2 aromatic rings. The molecule has 0 saturated carbocycles. The van der Waals surface area contributed by atoms with Crippen LogP contribution in [0.3, 0.4) is 0 Å². The van der Waals surface area contributed by atoms with Crippen LogP contribution in [0.1, 0.15) is 19.3 Å². The highest BCUT2D eigenvalue weighted by Gasteiger charge is 2.30. The molecule has 0 aliphatic carbocycles. The van der Waals surface area contributed by atoms with Gasteiger partial charge in [-0.3, -0.25) is 0 Å². The number of fused-ring (bicyclic) bond motifs is 1. The average molecular weight is 593 g/mol. The first-order chi connectivity index (χ1) is 20.5. The van der Waals surface area contributed by atoms with E-state index < -0.39 is 6.10 Å². The van der Waals surface area contributed by atoms with E-state index in [1.54, 1.807) is 35.5 Å². The Kier molecular flexibility index (Phi) is 12.5. The number of methoxy groups -OCH3 is 5. The van der Waals surface area contributed by atoms with Gasteiger partial charge in [-0.05, 0) is 19.3 Å². The molecule has 0 amide bonds. The van der Waals surface area contributed by atoms with E-state index in [0.717, 1.165) is 31.7 Å². The number of hydrogen-bond acceptors (Lipinski definition) is 14. The molecule has 4 rings (SSSR count). The Morgan fingerprint density at radius 2 is 1.07 bits per heavy atom. The van der Waals surface area contributed by atoms with Crippen LogP contribution < -0.4 is 19.6 Å². The molecule has 1 unspecified atom stereocenters. The van der Waals surface area contributed by atoms with Gasteiger partial charge in [-0.15, -0.1) is 0 Å². The van der Waals surface area contributed by atoms with Crippen molar-refractivity contribution in [2.75, 3.05) is 134 Å². The second-order valence-electron chi connectivity index (χ2n) is 10.6.